The zero-order valence-corrected chi connectivity index (χ0v) is 84.6. The van der Waals surface area contributed by atoms with Crippen LogP contribution in [0.4, 0.5) is 0 Å². The molecule has 0 amide bonds. The van der Waals surface area contributed by atoms with Crippen LogP contribution in [0.1, 0.15) is 299 Å². The van der Waals surface area contributed by atoms with Gasteiger partial charge in [0.25, 0.3) is 0 Å². The summed E-state index contributed by atoms with van der Waals surface area (Å²) in [6.07, 6.45) is 31.0. The lowest BCUT2D eigenvalue weighted by atomic mass is 10.0. The lowest BCUT2D eigenvalue weighted by molar-refractivity contribution is 0.183. The highest BCUT2D eigenvalue weighted by atomic mass is 15.2. The molecule has 20 unspecified atom stereocenters. The molecule has 0 bridgehead atoms. The van der Waals surface area contributed by atoms with E-state index in [9.17, 15) is 0 Å². The number of unbranched alkanes of at least 4 members (excludes halogenated alkanes) is 11. The first-order valence-electron chi connectivity index (χ1n) is 49.5. The average molecular weight is 1760 g/mol. The van der Waals surface area contributed by atoms with E-state index in [4.69, 9.17) is 109 Å². The van der Waals surface area contributed by atoms with Crippen LogP contribution in [0.3, 0.4) is 0 Å². The van der Waals surface area contributed by atoms with Crippen LogP contribution in [-0.4, -0.2) is 294 Å². The van der Waals surface area contributed by atoms with E-state index in [0.29, 0.717) is 60.8 Å². The van der Waals surface area contributed by atoms with Crippen LogP contribution < -0.4 is 151 Å². The number of nitrogens with two attached hydrogens (primary N) is 19. The Labute approximate surface area is 758 Å². The van der Waals surface area contributed by atoms with E-state index in [0.717, 1.165) is 221 Å². The molecule has 0 heterocycles. The van der Waals surface area contributed by atoms with Gasteiger partial charge in [0, 0.05) is 214 Å². The normalized spacial score (nSPS) is 16.4. The van der Waals surface area contributed by atoms with Crippen LogP contribution >= 0.6 is 0 Å². The minimum absolute atomic E-state index is 0.157. The number of nitrogens with one attached hydrogen (secondary N) is 8. The van der Waals surface area contributed by atoms with Gasteiger partial charge in [0.2, 0.25) is 0 Å². The molecule has 0 saturated heterocycles. The van der Waals surface area contributed by atoms with Crippen molar-refractivity contribution in [2.75, 3.05) is 177 Å². The maximum absolute atomic E-state index is 5.90. The van der Waals surface area contributed by atoms with Gasteiger partial charge >= 0.3 is 0 Å². The van der Waals surface area contributed by atoms with Crippen molar-refractivity contribution in [3.05, 3.63) is 0 Å². The van der Waals surface area contributed by atoms with Crippen LogP contribution in [0.5, 0.6) is 0 Å². The molecule has 0 saturated carbocycles. The van der Waals surface area contributed by atoms with Gasteiger partial charge in [0.05, 0.1) is 0 Å². The second-order valence-electron chi connectivity index (χ2n) is 37.9. The molecule has 0 aliphatic rings. The van der Waals surface area contributed by atoms with Crippen molar-refractivity contribution in [1.82, 2.24) is 57.2 Å². The molecule has 0 spiro atoms. The fraction of sp³-hybridized carbons (Fsp3) is 1.00. The zero-order valence-electron chi connectivity index (χ0n) is 84.6. The highest BCUT2D eigenvalue weighted by molar-refractivity contribution is 4.76. The maximum atomic E-state index is 5.90. The molecule has 748 valence electrons. The Bertz CT molecular complexity index is 1770. The smallest absolute Gasteiger partial charge is 0.0161 e. The third-order valence-electron chi connectivity index (χ3n) is 19.8. The molecule has 122 heavy (non-hydrogen) atoms. The fourth-order valence-corrected chi connectivity index (χ4v) is 12.5. The molecule has 0 aliphatic heterocycles. The van der Waals surface area contributed by atoms with E-state index < -0.39 is 0 Å². The largest absolute Gasteiger partial charge is 0.330 e. The Kier molecular flexibility index (Phi) is 116. The topological polar surface area (TPSA) is 600 Å². The number of rotatable bonds is 75. The van der Waals surface area contributed by atoms with Crippen LogP contribution in [0.25, 0.3) is 0 Å². The summed E-state index contributed by atoms with van der Waals surface area (Å²) in [4.78, 5) is 6.94. The second-order valence-corrected chi connectivity index (χ2v) is 37.9. The molecule has 20 atom stereocenters. The summed E-state index contributed by atoms with van der Waals surface area (Å²) in [6, 6.07) is 4.90. The van der Waals surface area contributed by atoms with Gasteiger partial charge in [-0.1, -0.05) is 85.0 Å². The van der Waals surface area contributed by atoms with Crippen molar-refractivity contribution in [1.29, 1.82) is 0 Å². The molecule has 0 aliphatic carbocycles. The lowest BCUT2D eigenvalue weighted by Crippen LogP contribution is -2.48. The summed E-state index contributed by atoms with van der Waals surface area (Å²) in [6.45, 7) is 67.0. The molecule has 0 aromatic heterocycles. The van der Waals surface area contributed by atoms with Crippen molar-refractivity contribution in [3.63, 3.8) is 0 Å². The van der Waals surface area contributed by atoms with E-state index in [1.54, 1.807) is 0 Å². The predicted molar refractivity (Wildman–Crippen MR) is 545 cm³/mol. The molecule has 30 heteroatoms. The van der Waals surface area contributed by atoms with Crippen molar-refractivity contribution < 1.29 is 0 Å². The van der Waals surface area contributed by atoms with Crippen LogP contribution in [0, 0.1) is 17.8 Å². The summed E-state index contributed by atoms with van der Waals surface area (Å²) in [5.74, 6) is 2.17. The quantitative estimate of drug-likeness (QED) is 0.0383. The van der Waals surface area contributed by atoms with Crippen LogP contribution in [-0.2, 0) is 0 Å². The summed E-state index contributed by atoms with van der Waals surface area (Å²) >= 11 is 0. The van der Waals surface area contributed by atoms with Crippen LogP contribution in [0.2, 0.25) is 0 Å². The van der Waals surface area contributed by atoms with Gasteiger partial charge in [0.1, 0.15) is 0 Å². The minimum Gasteiger partial charge on any atom is -0.330 e. The number of hydrogen-bond acceptors (Lipinski definition) is 30. The van der Waals surface area contributed by atoms with Crippen molar-refractivity contribution in [2.24, 2.45) is 127 Å². The standard InChI is InChI=1S/C16H38N4.C14H36N6.2C13H31N3.C11H29N5.C11H27N3.C9H23N3.C5H15N3/c1-13(8-9-14(2)17)11-19-10-6-5-7-16(4)20-12-15(3)18;1-11(15)7-19(8-12(2)16)5-6-20(9-13(3)17)10-14(4)18;1-11(7-8-13(3)15)10-16-9-5-4-6-12(2)14;1-12(10-14)8-6-4-3-5-7-9-16-13(2)11-15;1-9(12)6-15-4-5-16(7-10(2)13)8-11(3)14;1-10(12)6-4-3-5-8-14-9-7-11(2)13;1-9(8-11)12-7-5-3-2-4-6-10;1-5(7)4-8-3-2-6/h13-16,19-20H,5-12,17-18H2,1-4H3;11-14H,5-10,15-18H2,1-4H3;11-13,16H,4-10,14-15H2,1-3H3;12-13,16H,3-11,14-15H2,1-2H3;9-11,15H,4-8,12-14H2,1-3H3;10-11,14H,3-9,12-13H2,1-2H3;9,12H,2-8,10-11H2,1H3;5,8H,2-4,6-7H2,1H3. The summed E-state index contributed by atoms with van der Waals surface area (Å²) in [5, 5.41) is 27.1. The third-order valence-corrected chi connectivity index (χ3v) is 19.8. The highest BCUT2D eigenvalue weighted by Crippen LogP contribution is 2.12. The van der Waals surface area contributed by atoms with Gasteiger partial charge in [0.15, 0.2) is 0 Å². The molecular weight excluding hydrogens is 1530 g/mol. The molecule has 0 fully saturated rings. The Morgan fingerprint density at radius 2 is 0.492 bits per heavy atom. The second kappa shape index (κ2) is 104. The Morgan fingerprint density at radius 3 is 0.844 bits per heavy atom. The van der Waals surface area contributed by atoms with Gasteiger partial charge in [-0.05, 0) is 297 Å². The SMILES string of the molecule is CC(CN)CCCCCCCNC(C)CN.CC(CN)NCCCCCCN.CC(N)CCC(C)CNCCCCC(C)NCC(C)N.CC(N)CCCCCNCCC(C)N.CC(N)CCCCNCC(C)CCC(C)N.CC(N)CN(CCN(CC(C)N)CC(C)N)CC(C)N.CC(N)CNCCN.CC(N)CNCCN(CC(C)N)CC(C)N. The van der Waals surface area contributed by atoms with E-state index in [2.05, 4.69) is 126 Å². The van der Waals surface area contributed by atoms with Crippen molar-refractivity contribution in [3.8, 4) is 0 Å². The molecular formula is C92H230N30. The van der Waals surface area contributed by atoms with Crippen molar-refractivity contribution in [2.45, 2.75) is 402 Å². The summed E-state index contributed by atoms with van der Waals surface area (Å²) < 4.78 is 0. The summed E-state index contributed by atoms with van der Waals surface area (Å²) in [7, 11) is 0. The zero-order chi connectivity index (χ0) is 94.7. The first-order chi connectivity index (χ1) is 57.5. The predicted octanol–water partition coefficient (Wildman–Crippen LogP) is 3.99. The Morgan fingerprint density at radius 1 is 0.189 bits per heavy atom. The van der Waals surface area contributed by atoms with Gasteiger partial charge in [-0.2, -0.15) is 0 Å². The van der Waals surface area contributed by atoms with Crippen molar-refractivity contribution >= 4 is 0 Å². The van der Waals surface area contributed by atoms with E-state index in [1.165, 1.54) is 122 Å². The van der Waals surface area contributed by atoms with Crippen LogP contribution in [0.15, 0.2) is 0 Å². The Hall–Kier alpha value is -1.20. The lowest BCUT2D eigenvalue weighted by Gasteiger charge is -2.31. The van der Waals surface area contributed by atoms with E-state index in [1.807, 2.05) is 69.2 Å². The maximum Gasteiger partial charge on any atom is 0.0161 e. The molecule has 0 rings (SSSR count). The molecule has 46 N–H and O–H groups in total. The molecule has 0 aromatic carbocycles. The monoisotopic (exact) mass is 1760 g/mol. The van der Waals surface area contributed by atoms with E-state index >= 15 is 0 Å². The number of hydrogen-bond donors (Lipinski definition) is 27. The summed E-state index contributed by atoms with van der Waals surface area (Å²) in [5.41, 5.74) is 108. The van der Waals surface area contributed by atoms with Gasteiger partial charge in [-0.3, -0.25) is 14.7 Å². The Balaban J connectivity index is -0.000000205. The van der Waals surface area contributed by atoms with Gasteiger partial charge in [-0.15, -0.1) is 0 Å². The average Bonchev–Trinajstić information content (AvgIpc) is 0.933. The third kappa shape index (κ3) is 139. The molecule has 0 aromatic rings. The molecule has 30 nitrogen and oxygen atoms in total. The van der Waals surface area contributed by atoms with Gasteiger partial charge in [-0.25, -0.2) is 0 Å². The fourth-order valence-electron chi connectivity index (χ4n) is 12.5. The van der Waals surface area contributed by atoms with E-state index in [-0.39, 0.29) is 54.4 Å². The van der Waals surface area contributed by atoms with Gasteiger partial charge < -0.3 is 151 Å². The highest BCUT2D eigenvalue weighted by Gasteiger charge is 2.16. The minimum atomic E-state index is 0.157. The first kappa shape index (κ1) is 136. The first-order valence-corrected chi connectivity index (χ1v) is 49.5. The number of nitrogens with zero attached hydrogens (tertiary/aromatic N) is 3. The molecule has 0 radical (unpaired) electrons.